The summed E-state index contributed by atoms with van der Waals surface area (Å²) in [6.07, 6.45) is 2.55. The maximum absolute atomic E-state index is 12.6. The molecule has 0 aliphatic rings. The lowest BCUT2D eigenvalue weighted by atomic mass is 10.00. The molecule has 0 saturated heterocycles. The van der Waals surface area contributed by atoms with E-state index in [0.29, 0.717) is 6.42 Å². The number of carbonyl (C=O) groups is 3. The molecule has 1 rings (SSSR count). The first-order valence-electron chi connectivity index (χ1n) is 9.10. The molecule has 2 atom stereocenters. The number of hydrogen-bond acceptors (Lipinski definition) is 4. The third-order valence-electron chi connectivity index (χ3n) is 3.83. The molecule has 2 amide bonds. The first-order valence-corrected chi connectivity index (χ1v) is 9.10. The molecule has 6 nitrogen and oxygen atoms in total. The number of nitrogens with one attached hydrogen (secondary N) is 2. The predicted octanol–water partition coefficient (Wildman–Crippen LogP) is 1.72. The summed E-state index contributed by atoms with van der Waals surface area (Å²) in [6, 6.07) is 7.64. The Bertz CT molecular complexity index is 608. The van der Waals surface area contributed by atoms with E-state index in [4.69, 9.17) is 5.73 Å². The fourth-order valence-electron chi connectivity index (χ4n) is 2.45. The summed E-state index contributed by atoms with van der Waals surface area (Å²) in [7, 11) is 0. The van der Waals surface area contributed by atoms with Crippen molar-refractivity contribution in [3.05, 3.63) is 35.9 Å². The van der Waals surface area contributed by atoms with Crippen LogP contribution in [0.25, 0.3) is 0 Å². The minimum Gasteiger partial charge on any atom is -0.345 e. The van der Waals surface area contributed by atoms with E-state index in [1.807, 2.05) is 37.3 Å². The number of hydrogen-bond donors (Lipinski definition) is 3. The second-order valence-electron chi connectivity index (χ2n) is 7.57. The van der Waals surface area contributed by atoms with Crippen molar-refractivity contribution in [1.29, 1.82) is 0 Å². The Balaban J connectivity index is 2.89. The fraction of sp³-hybridized carbons (Fsp3) is 0.550. The SMILES string of the molecule is CCCCC(N)C(=O)NC(Cc1ccccc1)C(=O)C(=O)NC(C)(C)C. The summed E-state index contributed by atoms with van der Waals surface area (Å²) < 4.78 is 0. The Hall–Kier alpha value is -2.21. The standard InChI is InChI=1S/C20H31N3O3/c1-5-6-12-15(21)18(25)22-16(13-14-10-8-7-9-11-14)17(24)19(26)23-20(2,3)4/h7-11,15-16H,5-6,12-13,21H2,1-4H3,(H,22,25)(H,23,26). The Kier molecular flexibility index (Phi) is 8.45. The van der Waals surface area contributed by atoms with Crippen molar-refractivity contribution in [3.63, 3.8) is 0 Å². The molecule has 0 spiro atoms. The number of benzene rings is 1. The van der Waals surface area contributed by atoms with E-state index >= 15 is 0 Å². The van der Waals surface area contributed by atoms with Gasteiger partial charge >= 0.3 is 0 Å². The number of unbranched alkanes of at least 4 members (excludes halogenated alkanes) is 1. The van der Waals surface area contributed by atoms with E-state index in [9.17, 15) is 14.4 Å². The number of amides is 2. The van der Waals surface area contributed by atoms with Crippen LogP contribution in [0.2, 0.25) is 0 Å². The molecular formula is C20H31N3O3. The van der Waals surface area contributed by atoms with Gasteiger partial charge in [0.05, 0.1) is 6.04 Å². The highest BCUT2D eigenvalue weighted by Gasteiger charge is 2.30. The molecule has 2 unspecified atom stereocenters. The van der Waals surface area contributed by atoms with E-state index in [0.717, 1.165) is 18.4 Å². The molecule has 0 aromatic heterocycles. The number of rotatable bonds is 9. The first kappa shape index (κ1) is 21.8. The largest absolute Gasteiger partial charge is 0.345 e. The van der Waals surface area contributed by atoms with Crippen LogP contribution < -0.4 is 16.4 Å². The van der Waals surface area contributed by atoms with E-state index < -0.39 is 35.2 Å². The van der Waals surface area contributed by atoms with Crippen molar-refractivity contribution >= 4 is 17.6 Å². The van der Waals surface area contributed by atoms with Crippen molar-refractivity contribution in [2.75, 3.05) is 0 Å². The Morgan fingerprint density at radius 1 is 1.12 bits per heavy atom. The van der Waals surface area contributed by atoms with Gasteiger partial charge in [-0.25, -0.2) is 0 Å². The highest BCUT2D eigenvalue weighted by atomic mass is 16.2. The third kappa shape index (κ3) is 7.78. The lowest BCUT2D eigenvalue weighted by molar-refractivity contribution is -0.141. The van der Waals surface area contributed by atoms with Gasteiger partial charge in [-0.1, -0.05) is 50.1 Å². The molecule has 0 aliphatic carbocycles. The monoisotopic (exact) mass is 361 g/mol. The van der Waals surface area contributed by atoms with E-state index in [1.165, 1.54) is 0 Å². The van der Waals surface area contributed by atoms with Gasteiger partial charge in [0.15, 0.2) is 0 Å². The smallest absolute Gasteiger partial charge is 0.290 e. The summed E-state index contributed by atoms with van der Waals surface area (Å²) >= 11 is 0. The Labute approximate surface area is 155 Å². The van der Waals surface area contributed by atoms with Crippen molar-refractivity contribution in [3.8, 4) is 0 Å². The van der Waals surface area contributed by atoms with Gasteiger partial charge in [0.25, 0.3) is 5.91 Å². The zero-order valence-corrected chi connectivity index (χ0v) is 16.2. The van der Waals surface area contributed by atoms with Crippen LogP contribution in [0.5, 0.6) is 0 Å². The number of ketones is 1. The minimum atomic E-state index is -0.945. The quantitative estimate of drug-likeness (QED) is 0.583. The lowest BCUT2D eigenvalue weighted by Gasteiger charge is -2.23. The molecule has 0 aliphatic heterocycles. The summed E-state index contributed by atoms with van der Waals surface area (Å²) in [5.41, 5.74) is 6.22. The molecule has 0 radical (unpaired) electrons. The molecule has 144 valence electrons. The maximum Gasteiger partial charge on any atom is 0.290 e. The number of nitrogens with two attached hydrogens (primary N) is 1. The van der Waals surface area contributed by atoms with Gasteiger partial charge in [0.2, 0.25) is 11.7 Å². The second-order valence-corrected chi connectivity index (χ2v) is 7.57. The summed E-state index contributed by atoms with van der Waals surface area (Å²) in [5.74, 6) is -1.78. The van der Waals surface area contributed by atoms with Crippen LogP contribution in [-0.4, -0.2) is 35.2 Å². The summed E-state index contributed by atoms with van der Waals surface area (Å²) in [6.45, 7) is 7.40. The maximum atomic E-state index is 12.6. The molecular weight excluding hydrogens is 330 g/mol. The fourth-order valence-corrected chi connectivity index (χ4v) is 2.45. The Morgan fingerprint density at radius 2 is 1.73 bits per heavy atom. The molecule has 1 aromatic carbocycles. The highest BCUT2D eigenvalue weighted by Crippen LogP contribution is 2.07. The molecule has 26 heavy (non-hydrogen) atoms. The van der Waals surface area contributed by atoms with Gasteiger partial charge in [0.1, 0.15) is 6.04 Å². The van der Waals surface area contributed by atoms with E-state index in [1.54, 1.807) is 20.8 Å². The van der Waals surface area contributed by atoms with Gasteiger partial charge in [-0.3, -0.25) is 14.4 Å². The van der Waals surface area contributed by atoms with Crippen LogP contribution in [0.3, 0.4) is 0 Å². The molecule has 4 N–H and O–H groups in total. The van der Waals surface area contributed by atoms with Gasteiger partial charge in [0, 0.05) is 12.0 Å². The van der Waals surface area contributed by atoms with Gasteiger partial charge in [-0.2, -0.15) is 0 Å². The van der Waals surface area contributed by atoms with Gasteiger partial charge in [-0.15, -0.1) is 0 Å². The van der Waals surface area contributed by atoms with Crippen molar-refractivity contribution in [1.82, 2.24) is 10.6 Å². The van der Waals surface area contributed by atoms with Crippen LogP contribution in [0.1, 0.15) is 52.5 Å². The van der Waals surface area contributed by atoms with Crippen molar-refractivity contribution in [2.24, 2.45) is 5.73 Å². The highest BCUT2D eigenvalue weighted by molar-refractivity contribution is 6.38. The van der Waals surface area contributed by atoms with Crippen LogP contribution in [0.4, 0.5) is 0 Å². The minimum absolute atomic E-state index is 0.240. The summed E-state index contributed by atoms with van der Waals surface area (Å²) in [5, 5.41) is 5.32. The molecule has 1 aromatic rings. The van der Waals surface area contributed by atoms with Crippen molar-refractivity contribution < 1.29 is 14.4 Å². The van der Waals surface area contributed by atoms with Crippen LogP contribution >= 0.6 is 0 Å². The van der Waals surface area contributed by atoms with Gasteiger partial charge < -0.3 is 16.4 Å². The predicted molar refractivity (Wildman–Crippen MR) is 102 cm³/mol. The lowest BCUT2D eigenvalue weighted by Crippen LogP contribution is -2.54. The van der Waals surface area contributed by atoms with Crippen LogP contribution in [0, 0.1) is 0 Å². The number of carbonyl (C=O) groups excluding carboxylic acids is 3. The normalized spacial score (nSPS) is 13.6. The molecule has 0 heterocycles. The summed E-state index contributed by atoms with van der Waals surface area (Å²) in [4.78, 5) is 37.2. The first-order chi connectivity index (χ1) is 12.1. The zero-order valence-electron chi connectivity index (χ0n) is 16.2. The molecule has 6 heteroatoms. The van der Waals surface area contributed by atoms with Crippen molar-refractivity contribution in [2.45, 2.75) is 71.0 Å². The van der Waals surface area contributed by atoms with E-state index in [2.05, 4.69) is 10.6 Å². The average molecular weight is 361 g/mol. The van der Waals surface area contributed by atoms with E-state index in [-0.39, 0.29) is 6.42 Å². The third-order valence-corrected chi connectivity index (χ3v) is 3.83. The van der Waals surface area contributed by atoms with Crippen LogP contribution in [-0.2, 0) is 20.8 Å². The zero-order chi connectivity index (χ0) is 19.7. The number of Topliss-reactive ketones (excluding diaryl/α,β-unsaturated/α-hetero) is 1. The average Bonchev–Trinajstić information content (AvgIpc) is 2.57. The van der Waals surface area contributed by atoms with Gasteiger partial charge in [-0.05, 0) is 32.8 Å². The second kappa shape index (κ2) is 10.1. The topological polar surface area (TPSA) is 101 Å². The van der Waals surface area contributed by atoms with Crippen LogP contribution in [0.15, 0.2) is 30.3 Å². The molecule has 0 fully saturated rings. The Morgan fingerprint density at radius 3 is 2.27 bits per heavy atom. The molecule has 0 saturated carbocycles. The molecule has 0 bridgehead atoms.